The van der Waals surface area contributed by atoms with Crippen LogP contribution < -0.4 is 19.5 Å². The first-order valence-corrected chi connectivity index (χ1v) is 12.5. The molecule has 12 heteroatoms. The maximum atomic E-state index is 14.9. The molecule has 6 rings (SSSR count). The Bertz CT molecular complexity index is 1640. The second kappa shape index (κ2) is 10.3. The summed E-state index contributed by atoms with van der Waals surface area (Å²) >= 11 is 0. The zero-order chi connectivity index (χ0) is 26.9. The minimum Gasteiger partial charge on any atom is -0.493 e. The van der Waals surface area contributed by atoms with Gasteiger partial charge in [-0.1, -0.05) is 0 Å². The van der Waals surface area contributed by atoms with Crippen molar-refractivity contribution in [3.63, 3.8) is 0 Å². The predicted octanol–water partition coefficient (Wildman–Crippen LogP) is 4.34. The largest absolute Gasteiger partial charge is 0.493 e. The Balaban J connectivity index is 1.30. The zero-order valence-corrected chi connectivity index (χ0v) is 21.7. The first-order chi connectivity index (χ1) is 19.0. The summed E-state index contributed by atoms with van der Waals surface area (Å²) < 4.78 is 34.3. The monoisotopic (exact) mass is 530 g/mol. The van der Waals surface area contributed by atoms with E-state index < -0.39 is 12.3 Å². The Hall–Kier alpha value is -4.58. The van der Waals surface area contributed by atoms with Crippen LogP contribution in [0.1, 0.15) is 12.0 Å². The topological polar surface area (TPSA) is 112 Å². The van der Waals surface area contributed by atoms with Gasteiger partial charge in [-0.25, -0.2) is 28.8 Å². The van der Waals surface area contributed by atoms with Crippen LogP contribution in [0, 0.1) is 6.92 Å². The van der Waals surface area contributed by atoms with E-state index in [1.54, 1.807) is 30.1 Å². The van der Waals surface area contributed by atoms with E-state index in [0.717, 1.165) is 17.8 Å². The molecule has 2 atom stereocenters. The SMILES string of the molecule is COc1ccc2ncnc(Nc3ccc(Oc4cc5ncnn5cn4)c(C)c3)c2c1O[C@H]1CCN(C)C[C@H]1F. The van der Waals surface area contributed by atoms with E-state index in [1.807, 2.05) is 43.1 Å². The maximum absolute atomic E-state index is 14.9. The van der Waals surface area contributed by atoms with Crippen LogP contribution in [0.2, 0.25) is 0 Å². The molecule has 39 heavy (non-hydrogen) atoms. The van der Waals surface area contributed by atoms with Gasteiger partial charge in [0.2, 0.25) is 5.88 Å². The van der Waals surface area contributed by atoms with Gasteiger partial charge < -0.3 is 24.4 Å². The van der Waals surface area contributed by atoms with Crippen molar-refractivity contribution in [2.24, 2.45) is 0 Å². The second-order valence-electron chi connectivity index (χ2n) is 9.43. The van der Waals surface area contributed by atoms with Gasteiger partial charge in [-0.2, -0.15) is 5.10 Å². The molecule has 1 saturated heterocycles. The number of rotatable bonds is 7. The third-order valence-corrected chi connectivity index (χ3v) is 6.69. The van der Waals surface area contributed by atoms with Gasteiger partial charge in [0.15, 0.2) is 17.1 Å². The molecular weight excluding hydrogens is 503 g/mol. The highest BCUT2D eigenvalue weighted by atomic mass is 19.1. The van der Waals surface area contributed by atoms with E-state index in [2.05, 4.69) is 30.4 Å². The molecule has 0 radical (unpaired) electrons. The van der Waals surface area contributed by atoms with E-state index in [9.17, 15) is 4.39 Å². The van der Waals surface area contributed by atoms with Crippen LogP contribution in [0.3, 0.4) is 0 Å². The summed E-state index contributed by atoms with van der Waals surface area (Å²) in [5, 5.41) is 8.03. The summed E-state index contributed by atoms with van der Waals surface area (Å²) in [6.45, 7) is 3.00. The van der Waals surface area contributed by atoms with E-state index in [-0.39, 0.29) is 0 Å². The van der Waals surface area contributed by atoms with Gasteiger partial charge in [0, 0.05) is 24.8 Å². The average molecular weight is 531 g/mol. The van der Waals surface area contributed by atoms with Gasteiger partial charge in [0.25, 0.3) is 0 Å². The standard InChI is InChI=1S/C27H27FN8O3/c1-16-10-17(4-6-20(16)38-24-11-23-30-14-33-36(23)15-32-24)34-27-25-19(29-13-31-27)5-7-22(37-3)26(25)39-21-8-9-35(2)12-18(21)28/h4-7,10-11,13-15,18,21H,8-9,12H2,1-3H3,(H,29,31,34)/t18-,21+/m1/s1. The number of alkyl halides is 1. The number of benzene rings is 2. The fourth-order valence-electron chi connectivity index (χ4n) is 4.65. The predicted molar refractivity (Wildman–Crippen MR) is 143 cm³/mol. The van der Waals surface area contributed by atoms with Gasteiger partial charge in [-0.3, -0.25) is 0 Å². The highest BCUT2D eigenvalue weighted by molar-refractivity contribution is 5.97. The molecule has 0 amide bonds. The molecule has 0 spiro atoms. The number of ether oxygens (including phenoxy) is 3. The number of halogens is 1. The molecular formula is C27H27FN8O3. The van der Waals surface area contributed by atoms with Crippen LogP contribution in [0.15, 0.2) is 55.4 Å². The van der Waals surface area contributed by atoms with Gasteiger partial charge in [0.1, 0.15) is 42.8 Å². The molecule has 5 aromatic rings. The Kier molecular flexibility index (Phi) is 6.53. The number of piperidine rings is 1. The lowest BCUT2D eigenvalue weighted by Gasteiger charge is -2.33. The van der Waals surface area contributed by atoms with Gasteiger partial charge >= 0.3 is 0 Å². The maximum Gasteiger partial charge on any atom is 0.224 e. The third-order valence-electron chi connectivity index (χ3n) is 6.69. The summed E-state index contributed by atoms with van der Waals surface area (Å²) in [5.41, 5.74) is 2.94. The molecule has 0 aliphatic carbocycles. The van der Waals surface area contributed by atoms with Gasteiger partial charge in [-0.05, 0) is 56.3 Å². The normalized spacial score (nSPS) is 17.8. The van der Waals surface area contributed by atoms with Gasteiger partial charge in [-0.15, -0.1) is 0 Å². The van der Waals surface area contributed by atoms with Crippen LogP contribution in [-0.2, 0) is 0 Å². The lowest BCUT2D eigenvalue weighted by Crippen LogP contribution is -2.45. The van der Waals surface area contributed by atoms with E-state index >= 15 is 0 Å². The lowest BCUT2D eigenvalue weighted by atomic mass is 10.1. The molecule has 2 aromatic carbocycles. The molecule has 3 aromatic heterocycles. The number of hydrogen-bond acceptors (Lipinski definition) is 10. The Morgan fingerprint density at radius 3 is 2.72 bits per heavy atom. The molecule has 1 aliphatic heterocycles. The fraction of sp³-hybridized carbons (Fsp3) is 0.296. The second-order valence-corrected chi connectivity index (χ2v) is 9.43. The lowest BCUT2D eigenvalue weighted by molar-refractivity contribution is 0.0308. The third kappa shape index (κ3) is 4.98. The van der Waals surface area contributed by atoms with Crippen molar-refractivity contribution in [2.75, 3.05) is 32.6 Å². The van der Waals surface area contributed by atoms with E-state index in [4.69, 9.17) is 14.2 Å². The van der Waals surface area contributed by atoms with Crippen LogP contribution in [-0.4, -0.2) is 74.0 Å². The molecule has 0 bridgehead atoms. The van der Waals surface area contributed by atoms with Crippen LogP contribution in [0.5, 0.6) is 23.1 Å². The van der Waals surface area contributed by atoms with Crippen molar-refractivity contribution in [1.29, 1.82) is 0 Å². The number of anilines is 2. The van der Waals surface area contributed by atoms with Crippen molar-refractivity contribution in [2.45, 2.75) is 25.6 Å². The quantitative estimate of drug-likeness (QED) is 0.326. The Morgan fingerprint density at radius 1 is 1.03 bits per heavy atom. The molecule has 1 aliphatic rings. The van der Waals surface area contributed by atoms with E-state index in [1.165, 1.54) is 12.7 Å². The summed E-state index contributed by atoms with van der Waals surface area (Å²) in [7, 11) is 3.46. The minimum atomic E-state index is -1.13. The molecule has 1 N–H and O–H groups in total. The van der Waals surface area contributed by atoms with Crippen molar-refractivity contribution in [3.05, 3.63) is 60.9 Å². The number of nitrogens with zero attached hydrogens (tertiary/aromatic N) is 7. The summed E-state index contributed by atoms with van der Waals surface area (Å²) in [6.07, 6.45) is 3.32. The smallest absolute Gasteiger partial charge is 0.224 e. The highest BCUT2D eigenvalue weighted by Crippen LogP contribution is 2.41. The summed E-state index contributed by atoms with van der Waals surface area (Å²) in [6, 6.07) is 11.0. The Morgan fingerprint density at radius 2 is 1.90 bits per heavy atom. The number of hydrogen-bond donors (Lipinski definition) is 1. The number of nitrogens with one attached hydrogen (secondary N) is 1. The fourth-order valence-corrected chi connectivity index (χ4v) is 4.65. The number of aryl methyl sites for hydroxylation is 1. The van der Waals surface area contributed by atoms with Crippen LogP contribution in [0.4, 0.5) is 15.9 Å². The van der Waals surface area contributed by atoms with Gasteiger partial charge in [0.05, 0.1) is 18.0 Å². The summed E-state index contributed by atoms with van der Waals surface area (Å²) in [4.78, 5) is 19.3. The first-order valence-electron chi connectivity index (χ1n) is 12.5. The molecule has 0 saturated carbocycles. The zero-order valence-electron chi connectivity index (χ0n) is 21.7. The van der Waals surface area contributed by atoms with E-state index in [0.29, 0.717) is 58.5 Å². The summed E-state index contributed by atoms with van der Waals surface area (Å²) in [5.74, 6) is 2.48. The highest BCUT2D eigenvalue weighted by Gasteiger charge is 2.31. The number of fused-ring (bicyclic) bond motifs is 2. The molecule has 11 nitrogen and oxygen atoms in total. The van der Waals surface area contributed by atoms with Crippen molar-refractivity contribution >= 4 is 28.1 Å². The number of methoxy groups -OCH3 is 1. The molecule has 0 unspecified atom stereocenters. The number of aromatic nitrogens is 6. The molecule has 1 fully saturated rings. The molecule has 4 heterocycles. The average Bonchev–Trinajstić information content (AvgIpc) is 3.40. The van der Waals surface area contributed by atoms with Crippen molar-refractivity contribution < 1.29 is 18.6 Å². The van der Waals surface area contributed by atoms with Crippen molar-refractivity contribution in [1.82, 2.24) is 34.4 Å². The minimum absolute atomic E-state index is 0.315. The van der Waals surface area contributed by atoms with Crippen LogP contribution in [0.25, 0.3) is 16.6 Å². The first kappa shape index (κ1) is 24.7. The Labute approximate surface area is 223 Å². The number of likely N-dealkylation sites (tertiary alicyclic amines) is 1. The van der Waals surface area contributed by atoms with Crippen LogP contribution >= 0.6 is 0 Å². The van der Waals surface area contributed by atoms with Crippen molar-refractivity contribution in [3.8, 4) is 23.1 Å². The molecule has 200 valence electrons.